The molecule has 146 valence electrons. The third-order valence-corrected chi connectivity index (χ3v) is 4.58. The maximum absolute atomic E-state index is 12.7. The summed E-state index contributed by atoms with van der Waals surface area (Å²) < 4.78 is 6.62. The van der Waals surface area contributed by atoms with Crippen molar-refractivity contribution in [3.05, 3.63) is 76.3 Å². The first kappa shape index (κ1) is 18.6. The molecule has 0 aliphatic heterocycles. The number of carbonyl (C=O) groups excluding carboxylic acids is 1. The van der Waals surface area contributed by atoms with Gasteiger partial charge in [-0.3, -0.25) is 14.2 Å². The van der Waals surface area contributed by atoms with Crippen molar-refractivity contribution in [3.63, 3.8) is 0 Å². The van der Waals surface area contributed by atoms with E-state index in [9.17, 15) is 9.59 Å². The van der Waals surface area contributed by atoms with Crippen LogP contribution in [0.1, 0.15) is 17.5 Å². The Kier molecular flexibility index (Phi) is 4.95. The van der Waals surface area contributed by atoms with E-state index in [1.807, 2.05) is 62.4 Å². The Balaban J connectivity index is 1.51. The van der Waals surface area contributed by atoms with Crippen LogP contribution in [-0.4, -0.2) is 20.6 Å². The van der Waals surface area contributed by atoms with E-state index in [-0.39, 0.29) is 30.0 Å². The minimum atomic E-state index is -0.358. The molecule has 4 aromatic rings. The van der Waals surface area contributed by atoms with Crippen molar-refractivity contribution in [2.75, 3.05) is 5.32 Å². The van der Waals surface area contributed by atoms with Crippen LogP contribution in [0, 0.1) is 13.8 Å². The van der Waals surface area contributed by atoms with Crippen molar-refractivity contribution in [1.29, 1.82) is 0 Å². The van der Waals surface area contributed by atoms with Crippen molar-refractivity contribution in [1.82, 2.24) is 14.7 Å². The van der Waals surface area contributed by atoms with Crippen LogP contribution in [0.2, 0.25) is 0 Å². The summed E-state index contributed by atoms with van der Waals surface area (Å²) in [5, 5.41) is 6.87. The molecule has 2 aromatic carbocycles. The molecule has 7 nitrogen and oxygen atoms in total. The molecule has 0 radical (unpaired) electrons. The first-order valence-electron chi connectivity index (χ1n) is 9.29. The summed E-state index contributed by atoms with van der Waals surface area (Å²) in [5.74, 6) is -0.176. The second-order valence-electron chi connectivity index (χ2n) is 6.99. The van der Waals surface area contributed by atoms with Crippen LogP contribution in [0.5, 0.6) is 0 Å². The zero-order valence-electron chi connectivity index (χ0n) is 16.2. The molecule has 0 bridgehead atoms. The van der Waals surface area contributed by atoms with Crippen LogP contribution in [0.25, 0.3) is 22.4 Å². The van der Waals surface area contributed by atoms with E-state index in [4.69, 9.17) is 4.52 Å². The number of rotatable bonds is 5. The number of fused-ring (bicyclic) bond motifs is 1. The van der Waals surface area contributed by atoms with Crippen LogP contribution in [-0.2, 0) is 11.3 Å². The average molecular weight is 388 g/mol. The molecule has 0 fully saturated rings. The fourth-order valence-electron chi connectivity index (χ4n) is 3.29. The molecule has 0 aliphatic carbocycles. The van der Waals surface area contributed by atoms with Gasteiger partial charge in [-0.25, -0.2) is 4.98 Å². The molecule has 0 atom stereocenters. The van der Waals surface area contributed by atoms with Crippen LogP contribution < -0.4 is 10.9 Å². The summed E-state index contributed by atoms with van der Waals surface area (Å²) in [6.07, 6.45) is 1.57. The topological polar surface area (TPSA) is 90.0 Å². The molecule has 0 aliphatic rings. The fraction of sp³-hybridized carbons (Fsp3) is 0.182. The van der Waals surface area contributed by atoms with Gasteiger partial charge in [-0.15, -0.1) is 0 Å². The smallest absolute Gasteiger partial charge is 0.299 e. The van der Waals surface area contributed by atoms with Gasteiger partial charge in [0, 0.05) is 24.2 Å². The lowest BCUT2D eigenvalue weighted by Gasteiger charge is -2.08. The van der Waals surface area contributed by atoms with Gasteiger partial charge in [-0.1, -0.05) is 41.6 Å². The Morgan fingerprint density at radius 2 is 1.83 bits per heavy atom. The first-order valence-corrected chi connectivity index (χ1v) is 9.29. The van der Waals surface area contributed by atoms with Gasteiger partial charge in [-0.2, -0.15) is 0 Å². The molecule has 4 rings (SSSR count). The maximum Gasteiger partial charge on any atom is 0.299 e. The van der Waals surface area contributed by atoms with E-state index in [1.165, 1.54) is 10.9 Å². The highest BCUT2D eigenvalue weighted by molar-refractivity contribution is 5.91. The Morgan fingerprint density at radius 3 is 2.55 bits per heavy atom. The molecule has 2 aromatic heterocycles. The van der Waals surface area contributed by atoms with Crippen LogP contribution in [0.15, 0.2) is 64.2 Å². The highest BCUT2D eigenvalue weighted by Crippen LogP contribution is 2.24. The Labute approximate surface area is 167 Å². The average Bonchev–Trinajstić information content (AvgIpc) is 3.12. The van der Waals surface area contributed by atoms with Crippen molar-refractivity contribution >= 4 is 22.7 Å². The summed E-state index contributed by atoms with van der Waals surface area (Å²) in [4.78, 5) is 29.3. The fourth-order valence-corrected chi connectivity index (χ4v) is 3.29. The molecule has 0 saturated carbocycles. The van der Waals surface area contributed by atoms with Gasteiger partial charge < -0.3 is 9.84 Å². The van der Waals surface area contributed by atoms with Crippen molar-refractivity contribution in [2.45, 2.75) is 26.8 Å². The molecular formula is C22H20N4O3. The number of benzene rings is 2. The summed E-state index contributed by atoms with van der Waals surface area (Å²) in [6.45, 7) is 4.15. The van der Waals surface area contributed by atoms with Crippen molar-refractivity contribution in [2.24, 2.45) is 0 Å². The summed E-state index contributed by atoms with van der Waals surface area (Å²) in [5.41, 5.74) is 4.39. The highest BCUT2D eigenvalue weighted by Gasteiger charge is 2.16. The van der Waals surface area contributed by atoms with E-state index in [0.29, 0.717) is 11.2 Å². The predicted octanol–water partition coefficient (Wildman–Crippen LogP) is 3.70. The van der Waals surface area contributed by atoms with Gasteiger partial charge in [0.15, 0.2) is 0 Å². The molecule has 1 amide bonds. The molecule has 0 saturated heterocycles. The lowest BCUT2D eigenvalue weighted by Crippen LogP contribution is -2.23. The number of anilines is 1. The maximum atomic E-state index is 12.7. The number of nitrogens with zero attached hydrogens (tertiary/aromatic N) is 3. The van der Waals surface area contributed by atoms with E-state index < -0.39 is 0 Å². The van der Waals surface area contributed by atoms with Gasteiger partial charge >= 0.3 is 0 Å². The third-order valence-electron chi connectivity index (χ3n) is 4.58. The van der Waals surface area contributed by atoms with Crippen LogP contribution >= 0.6 is 0 Å². The van der Waals surface area contributed by atoms with E-state index >= 15 is 0 Å². The van der Waals surface area contributed by atoms with Crippen molar-refractivity contribution in [3.8, 4) is 11.3 Å². The van der Waals surface area contributed by atoms with E-state index in [2.05, 4.69) is 15.5 Å². The molecule has 29 heavy (non-hydrogen) atoms. The molecule has 2 heterocycles. The normalized spacial score (nSPS) is 11.0. The minimum absolute atomic E-state index is 0.0843. The lowest BCUT2D eigenvalue weighted by atomic mass is 10.1. The molecular weight excluding hydrogens is 368 g/mol. The Hall–Kier alpha value is -3.74. The summed E-state index contributed by atoms with van der Waals surface area (Å²) in [6, 6.07) is 15.3. The van der Waals surface area contributed by atoms with E-state index in [0.717, 1.165) is 22.4 Å². The number of hydrogen-bond donors (Lipinski definition) is 1. The Morgan fingerprint density at radius 1 is 1.10 bits per heavy atom. The minimum Gasteiger partial charge on any atom is -0.348 e. The number of nitrogens with one attached hydrogen (secondary N) is 1. The molecule has 1 N–H and O–H groups in total. The summed E-state index contributed by atoms with van der Waals surface area (Å²) in [7, 11) is 0. The number of carbonyl (C=O) groups is 1. The summed E-state index contributed by atoms with van der Waals surface area (Å²) >= 11 is 0. The van der Waals surface area contributed by atoms with Gasteiger partial charge in [0.25, 0.3) is 11.1 Å². The SMILES string of the molecule is Cc1cc(C)cc(NC(=O)CCn2cnc3c(-c4ccccc4)noc3c2=O)c1. The lowest BCUT2D eigenvalue weighted by molar-refractivity contribution is -0.116. The highest BCUT2D eigenvalue weighted by atomic mass is 16.5. The second kappa shape index (κ2) is 7.71. The zero-order valence-corrected chi connectivity index (χ0v) is 16.2. The number of amides is 1. The number of hydrogen-bond acceptors (Lipinski definition) is 5. The molecule has 7 heteroatoms. The first-order chi connectivity index (χ1) is 14.0. The van der Waals surface area contributed by atoms with Gasteiger partial charge in [0.2, 0.25) is 5.91 Å². The standard InChI is InChI=1S/C22H20N4O3/c1-14-10-15(2)12-17(11-14)24-18(27)8-9-26-13-23-20-19(16-6-4-3-5-7-16)25-29-21(20)22(26)28/h3-7,10-13H,8-9H2,1-2H3,(H,24,27). The third kappa shape index (κ3) is 3.94. The van der Waals surface area contributed by atoms with Gasteiger partial charge in [0.05, 0.1) is 6.33 Å². The predicted molar refractivity (Wildman–Crippen MR) is 111 cm³/mol. The van der Waals surface area contributed by atoms with E-state index in [1.54, 1.807) is 0 Å². The van der Waals surface area contributed by atoms with Crippen molar-refractivity contribution < 1.29 is 9.32 Å². The second-order valence-corrected chi connectivity index (χ2v) is 6.99. The molecule has 0 spiro atoms. The zero-order chi connectivity index (χ0) is 20.4. The number of aryl methyl sites for hydroxylation is 3. The van der Waals surface area contributed by atoms with Crippen LogP contribution in [0.3, 0.4) is 0 Å². The van der Waals surface area contributed by atoms with Gasteiger partial charge in [0.1, 0.15) is 11.2 Å². The number of aromatic nitrogens is 3. The van der Waals surface area contributed by atoms with Gasteiger partial charge in [-0.05, 0) is 37.1 Å². The quantitative estimate of drug-likeness (QED) is 0.563. The Bertz CT molecular complexity index is 1220. The van der Waals surface area contributed by atoms with Crippen LogP contribution in [0.4, 0.5) is 5.69 Å². The monoisotopic (exact) mass is 388 g/mol. The largest absolute Gasteiger partial charge is 0.348 e. The molecule has 0 unspecified atom stereocenters.